The van der Waals surface area contributed by atoms with E-state index in [1.807, 2.05) is 18.2 Å². The van der Waals surface area contributed by atoms with Crippen molar-refractivity contribution in [2.45, 2.75) is 6.04 Å². The minimum absolute atomic E-state index is 0.0708. The van der Waals surface area contributed by atoms with E-state index in [0.29, 0.717) is 6.04 Å². The largest absolute Gasteiger partial charge is 0.371 e. The molecule has 6 rings (SSSR count). The maximum atomic E-state index is 14.9. The van der Waals surface area contributed by atoms with Crippen molar-refractivity contribution >= 4 is 53.3 Å². The van der Waals surface area contributed by atoms with Gasteiger partial charge in [0.2, 0.25) is 5.91 Å². The summed E-state index contributed by atoms with van der Waals surface area (Å²) in [5.74, 6) is 0.0708. The Bertz CT molecular complexity index is 1390. The van der Waals surface area contributed by atoms with Crippen molar-refractivity contribution in [3.63, 3.8) is 0 Å². The van der Waals surface area contributed by atoms with Crippen LogP contribution in [0.3, 0.4) is 0 Å². The summed E-state index contributed by atoms with van der Waals surface area (Å²) in [5, 5.41) is 7.14. The number of hydrogen-bond donors (Lipinski definition) is 1. The Morgan fingerprint density at radius 2 is 0.619 bits per heavy atom. The first-order chi connectivity index (χ1) is 20.7. The molecule has 2 nitrogen and oxygen atoms in total. The Morgan fingerprint density at radius 1 is 0.381 bits per heavy atom. The van der Waals surface area contributed by atoms with Crippen molar-refractivity contribution in [2.75, 3.05) is 0 Å². The highest BCUT2D eigenvalue weighted by Crippen LogP contribution is 2.15. The lowest BCUT2D eigenvalue weighted by atomic mass is 10.3. The van der Waals surface area contributed by atoms with Crippen molar-refractivity contribution in [3.05, 3.63) is 182 Å². The third-order valence-corrected chi connectivity index (χ3v) is 17.2. The van der Waals surface area contributed by atoms with Gasteiger partial charge in [-0.1, -0.05) is 182 Å². The predicted molar refractivity (Wildman–Crippen MR) is 181 cm³/mol. The van der Waals surface area contributed by atoms with Crippen LogP contribution in [0.4, 0.5) is 0 Å². The molecule has 0 saturated carbocycles. The number of nitrogens with one attached hydrogen (secondary N) is 1. The maximum Gasteiger partial charge on any atom is 0.252 e. The second-order valence-electron chi connectivity index (χ2n) is 10.6. The molecule has 0 spiro atoms. The highest BCUT2D eigenvalue weighted by Gasteiger charge is 2.46. The second-order valence-corrected chi connectivity index (χ2v) is 18.0. The zero-order valence-electron chi connectivity index (χ0n) is 23.4. The van der Waals surface area contributed by atoms with Crippen LogP contribution in [-0.2, 0) is 4.79 Å². The first kappa shape index (κ1) is 27.4. The lowest BCUT2D eigenvalue weighted by molar-refractivity contribution is -0.117. The predicted octanol–water partition coefficient (Wildman–Crippen LogP) is 3.94. The molecule has 0 radical (unpaired) electrons. The van der Waals surface area contributed by atoms with Gasteiger partial charge in [0.05, 0.1) is 0 Å². The molecule has 0 aliphatic carbocycles. The minimum atomic E-state index is -2.97. The number of carbonyl (C=O) groups is 1. The normalized spacial score (nSPS) is 11.5. The average molecular weight is 576 g/mol. The van der Waals surface area contributed by atoms with Crippen molar-refractivity contribution in [2.24, 2.45) is 0 Å². The molecule has 0 aliphatic heterocycles. The molecule has 0 aliphatic rings. The van der Waals surface area contributed by atoms with Crippen LogP contribution in [0.2, 0.25) is 6.04 Å². The highest BCUT2D eigenvalue weighted by molar-refractivity contribution is 7.14. The van der Waals surface area contributed by atoms with Crippen LogP contribution < -0.4 is 36.1 Å². The van der Waals surface area contributed by atoms with Crippen LogP contribution >= 0.6 is 0 Å². The zero-order valence-corrected chi connectivity index (χ0v) is 25.4. The third-order valence-electron chi connectivity index (χ3n) is 8.17. The Balaban J connectivity index is 1.55. The Labute approximate surface area is 250 Å². The Morgan fingerprint density at radius 3 is 0.881 bits per heavy atom. The molecule has 0 atom stereocenters. The zero-order chi connectivity index (χ0) is 28.7. The van der Waals surface area contributed by atoms with Crippen molar-refractivity contribution < 1.29 is 4.79 Å². The fraction of sp³-hybridized carbons (Fsp3) is 0.0263. The molecular formula is C38H33NOSi2. The van der Waals surface area contributed by atoms with Gasteiger partial charge in [0.1, 0.15) is 0 Å². The number of amides is 1. The summed E-state index contributed by atoms with van der Waals surface area (Å²) in [6.07, 6.45) is 0. The van der Waals surface area contributed by atoms with Gasteiger partial charge in [0, 0.05) is 6.04 Å². The van der Waals surface area contributed by atoms with Gasteiger partial charge in [-0.3, -0.25) is 4.79 Å². The molecule has 6 aromatic carbocycles. The third kappa shape index (κ3) is 5.18. The van der Waals surface area contributed by atoms with Crippen molar-refractivity contribution in [1.29, 1.82) is 0 Å². The lowest BCUT2D eigenvalue weighted by Gasteiger charge is -2.37. The van der Waals surface area contributed by atoms with E-state index in [4.69, 9.17) is 0 Å². The molecule has 0 unspecified atom stereocenters. The Hall–Kier alpha value is -4.78. The number of benzene rings is 6. The van der Waals surface area contributed by atoms with E-state index in [1.54, 1.807) is 0 Å². The van der Waals surface area contributed by atoms with E-state index in [0.717, 1.165) is 15.6 Å². The summed E-state index contributed by atoms with van der Waals surface area (Å²) in [4.78, 5) is 18.7. The summed E-state index contributed by atoms with van der Waals surface area (Å²) >= 11 is 0. The summed E-state index contributed by atoms with van der Waals surface area (Å²) in [6, 6.07) is 63.9. The van der Waals surface area contributed by atoms with Gasteiger partial charge in [0.25, 0.3) is 8.24 Å². The summed E-state index contributed by atoms with van der Waals surface area (Å²) < 4.78 is 0. The topological polar surface area (TPSA) is 29.1 Å². The van der Waals surface area contributed by atoms with Gasteiger partial charge in [-0.05, 0) is 31.1 Å². The Kier molecular flexibility index (Phi) is 8.08. The van der Waals surface area contributed by atoms with Crippen LogP contribution in [0.5, 0.6) is 0 Å². The SMILES string of the molecule is O=C(C[Si](c1ccccc1)(c1ccccc1)c1ccccc1)N[Si](c1ccccc1)(c1ccccc1)c1ccccc1. The molecule has 1 amide bonds. The first-order valence-electron chi connectivity index (χ1n) is 14.4. The summed E-state index contributed by atoms with van der Waals surface area (Å²) in [5.41, 5.74) is 0. The fourth-order valence-electron chi connectivity index (χ4n) is 6.25. The van der Waals surface area contributed by atoms with E-state index in [2.05, 4.69) is 169 Å². The van der Waals surface area contributed by atoms with Crippen LogP contribution in [0.15, 0.2) is 182 Å². The monoisotopic (exact) mass is 575 g/mol. The molecule has 204 valence electrons. The van der Waals surface area contributed by atoms with E-state index in [1.165, 1.54) is 15.6 Å². The summed E-state index contributed by atoms with van der Waals surface area (Å²) in [6.45, 7) is 0. The molecule has 0 saturated heterocycles. The number of hydrogen-bond acceptors (Lipinski definition) is 1. The standard InChI is InChI=1S/C38H33NOSi2/c40-38(31-41(32-19-7-1-8-20-32,33-21-9-2-10-22-33)34-23-11-3-12-24-34)39-42(35-25-13-4-14-26-35,36-27-15-5-16-28-36)37-29-17-6-18-30-37/h1-30H,31H2,(H,39,40). The molecule has 6 aromatic rings. The van der Waals surface area contributed by atoms with Crippen LogP contribution in [0.25, 0.3) is 0 Å². The van der Waals surface area contributed by atoms with Crippen molar-refractivity contribution in [1.82, 2.24) is 4.98 Å². The molecule has 0 heterocycles. The number of rotatable bonds is 9. The molecule has 0 bridgehead atoms. The van der Waals surface area contributed by atoms with Gasteiger partial charge in [-0.25, -0.2) is 0 Å². The fourth-order valence-corrected chi connectivity index (χ4v) is 14.9. The van der Waals surface area contributed by atoms with E-state index in [-0.39, 0.29) is 5.91 Å². The first-order valence-corrected chi connectivity index (χ1v) is 18.6. The quantitative estimate of drug-likeness (QED) is 0.205. The average Bonchev–Trinajstić information content (AvgIpc) is 3.08. The molecule has 42 heavy (non-hydrogen) atoms. The number of carbonyl (C=O) groups excluding carboxylic acids is 1. The maximum absolute atomic E-state index is 14.9. The summed E-state index contributed by atoms with van der Waals surface area (Å²) in [7, 11) is -5.75. The van der Waals surface area contributed by atoms with Gasteiger partial charge in [0.15, 0.2) is 8.07 Å². The molecule has 0 fully saturated rings. The van der Waals surface area contributed by atoms with Crippen LogP contribution in [0, 0.1) is 0 Å². The van der Waals surface area contributed by atoms with Gasteiger partial charge >= 0.3 is 0 Å². The molecule has 0 aromatic heterocycles. The molecule has 4 heteroatoms. The van der Waals surface area contributed by atoms with Crippen LogP contribution in [0.1, 0.15) is 0 Å². The highest BCUT2D eigenvalue weighted by atomic mass is 28.3. The lowest BCUT2D eigenvalue weighted by Crippen LogP contribution is -2.78. The second kappa shape index (κ2) is 12.4. The van der Waals surface area contributed by atoms with Gasteiger partial charge in [-0.15, -0.1) is 0 Å². The van der Waals surface area contributed by atoms with Crippen molar-refractivity contribution in [3.8, 4) is 0 Å². The van der Waals surface area contributed by atoms with Crippen LogP contribution in [-0.4, -0.2) is 22.2 Å². The smallest absolute Gasteiger partial charge is 0.252 e. The van der Waals surface area contributed by atoms with Gasteiger partial charge in [-0.2, -0.15) is 0 Å². The van der Waals surface area contributed by atoms with E-state index in [9.17, 15) is 4.79 Å². The minimum Gasteiger partial charge on any atom is -0.371 e. The van der Waals surface area contributed by atoms with E-state index >= 15 is 0 Å². The molecule has 1 N–H and O–H groups in total. The van der Waals surface area contributed by atoms with E-state index < -0.39 is 16.3 Å². The van der Waals surface area contributed by atoms with Gasteiger partial charge < -0.3 is 4.98 Å². The molecular weight excluding hydrogens is 543 g/mol.